The number of fused-ring (bicyclic) bond motifs is 1. The number of aromatic nitrogens is 3. The van der Waals surface area contributed by atoms with Crippen LogP contribution >= 0.6 is 11.6 Å². The summed E-state index contributed by atoms with van der Waals surface area (Å²) in [5, 5.41) is 9.00. The molecule has 1 aliphatic rings. The molecule has 4 nitrogen and oxygen atoms in total. The molecule has 5 heteroatoms. The van der Waals surface area contributed by atoms with E-state index < -0.39 is 0 Å². The molecular formula is C19H23ClN4. The van der Waals surface area contributed by atoms with Crippen LogP contribution < -0.4 is 0 Å². The lowest BCUT2D eigenvalue weighted by atomic mass is 9.89. The van der Waals surface area contributed by atoms with Crippen LogP contribution in [-0.2, 0) is 6.42 Å². The number of aromatic amines is 2. The summed E-state index contributed by atoms with van der Waals surface area (Å²) in [5.74, 6) is 0.641. The molecule has 24 heavy (non-hydrogen) atoms. The highest BCUT2D eigenvalue weighted by Gasteiger charge is 2.22. The minimum atomic E-state index is 0.641. The van der Waals surface area contributed by atoms with E-state index in [0.717, 1.165) is 11.4 Å². The second-order valence-electron chi connectivity index (χ2n) is 6.76. The molecular weight excluding hydrogens is 320 g/mol. The van der Waals surface area contributed by atoms with E-state index in [1.807, 2.05) is 18.5 Å². The summed E-state index contributed by atoms with van der Waals surface area (Å²) in [7, 11) is 0. The summed E-state index contributed by atoms with van der Waals surface area (Å²) in [6.07, 6.45) is 10.9. The van der Waals surface area contributed by atoms with Crippen molar-refractivity contribution in [1.82, 2.24) is 20.1 Å². The first-order chi connectivity index (χ1) is 11.8. The Morgan fingerprint density at radius 3 is 2.88 bits per heavy atom. The van der Waals surface area contributed by atoms with Crippen LogP contribution in [0.3, 0.4) is 0 Å². The quantitative estimate of drug-likeness (QED) is 0.723. The Labute approximate surface area is 147 Å². The lowest BCUT2D eigenvalue weighted by Crippen LogP contribution is -2.33. The van der Waals surface area contributed by atoms with E-state index in [1.54, 1.807) is 0 Å². The van der Waals surface area contributed by atoms with E-state index in [2.05, 4.69) is 38.4 Å². The third kappa shape index (κ3) is 3.35. The smallest absolute Gasteiger partial charge is 0.0519 e. The Hall–Kier alpha value is -1.78. The van der Waals surface area contributed by atoms with Crippen LogP contribution in [0.4, 0.5) is 0 Å². The molecule has 4 rings (SSSR count). The van der Waals surface area contributed by atoms with Crippen LogP contribution in [0.1, 0.15) is 36.3 Å². The van der Waals surface area contributed by atoms with Gasteiger partial charge >= 0.3 is 0 Å². The number of H-pyrrole nitrogens is 2. The highest BCUT2D eigenvalue weighted by molar-refractivity contribution is 6.31. The first-order valence-electron chi connectivity index (χ1n) is 8.76. The van der Waals surface area contributed by atoms with E-state index in [4.69, 9.17) is 11.6 Å². The minimum Gasteiger partial charge on any atom is -0.361 e. The molecule has 0 atom stereocenters. The summed E-state index contributed by atoms with van der Waals surface area (Å²) in [5.41, 5.74) is 3.93. The number of rotatable bonds is 5. The van der Waals surface area contributed by atoms with Gasteiger partial charge in [0.15, 0.2) is 0 Å². The molecule has 0 unspecified atom stereocenters. The van der Waals surface area contributed by atoms with Crippen LogP contribution in [0.2, 0.25) is 5.02 Å². The van der Waals surface area contributed by atoms with Gasteiger partial charge in [-0.15, -0.1) is 0 Å². The first kappa shape index (κ1) is 15.7. The number of piperidine rings is 1. The average Bonchev–Trinajstić information content (AvgIpc) is 3.25. The summed E-state index contributed by atoms with van der Waals surface area (Å²) in [6, 6.07) is 6.12. The van der Waals surface area contributed by atoms with Gasteiger partial charge in [0.05, 0.1) is 6.20 Å². The van der Waals surface area contributed by atoms with Crippen molar-refractivity contribution >= 4 is 22.5 Å². The molecule has 0 spiro atoms. The van der Waals surface area contributed by atoms with Crippen molar-refractivity contribution in [2.45, 2.75) is 31.6 Å². The summed E-state index contributed by atoms with van der Waals surface area (Å²) in [6.45, 7) is 3.55. The first-order valence-corrected chi connectivity index (χ1v) is 9.14. The Morgan fingerprint density at radius 1 is 1.21 bits per heavy atom. The van der Waals surface area contributed by atoms with Crippen molar-refractivity contribution in [2.75, 3.05) is 19.6 Å². The number of benzene rings is 1. The minimum absolute atomic E-state index is 0.641. The van der Waals surface area contributed by atoms with E-state index in [9.17, 15) is 0 Å². The fourth-order valence-corrected chi connectivity index (χ4v) is 4.01. The summed E-state index contributed by atoms with van der Waals surface area (Å²) >= 11 is 6.18. The van der Waals surface area contributed by atoms with Crippen LogP contribution in [0, 0.1) is 0 Å². The number of nitrogens with zero attached hydrogens (tertiary/aromatic N) is 2. The summed E-state index contributed by atoms with van der Waals surface area (Å²) < 4.78 is 0. The Kier molecular flexibility index (Phi) is 4.58. The van der Waals surface area contributed by atoms with Gasteiger partial charge in [0.1, 0.15) is 0 Å². The maximum absolute atomic E-state index is 6.18. The van der Waals surface area contributed by atoms with Crippen LogP contribution in [0.25, 0.3) is 10.9 Å². The molecule has 1 fully saturated rings. The molecule has 2 N–H and O–H groups in total. The van der Waals surface area contributed by atoms with E-state index in [0.29, 0.717) is 5.92 Å². The Bertz CT molecular complexity index is 785. The maximum atomic E-state index is 6.18. The number of halogens is 1. The second kappa shape index (κ2) is 6.99. The lowest BCUT2D eigenvalue weighted by Gasteiger charge is -2.32. The standard InChI is InChI=1S/C19H23ClN4/c20-16-3-4-19-17(10-16)18(13-21-19)15-5-8-24(9-6-15)7-1-2-14-11-22-23-12-14/h3-4,10-13,15,21H,1-2,5-9H2,(H,22,23). The number of likely N-dealkylation sites (tertiary alicyclic amines) is 1. The molecule has 0 amide bonds. The molecule has 0 aliphatic carbocycles. The predicted molar refractivity (Wildman–Crippen MR) is 98.6 cm³/mol. The predicted octanol–water partition coefficient (Wildman–Crippen LogP) is 4.36. The van der Waals surface area contributed by atoms with Gasteiger partial charge in [-0.25, -0.2) is 0 Å². The van der Waals surface area contributed by atoms with Crippen LogP contribution in [0.15, 0.2) is 36.8 Å². The van der Waals surface area contributed by atoms with Crippen LogP contribution in [0.5, 0.6) is 0 Å². The van der Waals surface area contributed by atoms with Crippen molar-refractivity contribution in [3.63, 3.8) is 0 Å². The molecule has 1 saturated heterocycles. The van der Waals surface area contributed by atoms with Crippen molar-refractivity contribution in [1.29, 1.82) is 0 Å². The number of aryl methyl sites for hydroxylation is 1. The Morgan fingerprint density at radius 2 is 2.08 bits per heavy atom. The fraction of sp³-hybridized carbons (Fsp3) is 0.421. The molecule has 1 aromatic carbocycles. The largest absolute Gasteiger partial charge is 0.361 e. The van der Waals surface area contributed by atoms with E-state index in [-0.39, 0.29) is 0 Å². The lowest BCUT2D eigenvalue weighted by molar-refractivity contribution is 0.211. The SMILES string of the molecule is Clc1ccc2[nH]cc(C3CCN(CCCc4cn[nH]c4)CC3)c2c1. The van der Waals surface area contributed by atoms with Crippen molar-refractivity contribution < 1.29 is 0 Å². The van der Waals surface area contributed by atoms with Gasteiger partial charge in [0, 0.05) is 28.3 Å². The van der Waals surface area contributed by atoms with Crippen LogP contribution in [-0.4, -0.2) is 39.7 Å². The second-order valence-corrected chi connectivity index (χ2v) is 7.20. The molecule has 0 bridgehead atoms. The Balaban J connectivity index is 1.33. The van der Waals surface area contributed by atoms with Gasteiger partial charge in [0.25, 0.3) is 0 Å². The molecule has 126 valence electrons. The molecule has 2 aromatic heterocycles. The summed E-state index contributed by atoms with van der Waals surface area (Å²) in [4.78, 5) is 5.99. The van der Waals surface area contributed by atoms with Gasteiger partial charge in [0.2, 0.25) is 0 Å². The molecule has 0 radical (unpaired) electrons. The third-order valence-electron chi connectivity index (χ3n) is 5.20. The zero-order chi connectivity index (χ0) is 16.4. The fourth-order valence-electron chi connectivity index (χ4n) is 3.84. The zero-order valence-electron chi connectivity index (χ0n) is 13.8. The van der Waals surface area contributed by atoms with Gasteiger partial charge < -0.3 is 9.88 Å². The monoisotopic (exact) mass is 342 g/mol. The third-order valence-corrected chi connectivity index (χ3v) is 5.43. The van der Waals surface area contributed by atoms with Gasteiger partial charge in [-0.1, -0.05) is 11.6 Å². The van der Waals surface area contributed by atoms with Crippen molar-refractivity contribution in [2.24, 2.45) is 0 Å². The van der Waals surface area contributed by atoms with Gasteiger partial charge in [-0.2, -0.15) is 5.10 Å². The van der Waals surface area contributed by atoms with E-state index in [1.165, 1.54) is 60.9 Å². The molecule has 3 aromatic rings. The molecule has 3 heterocycles. The highest BCUT2D eigenvalue weighted by Crippen LogP contribution is 2.34. The normalized spacial score (nSPS) is 16.9. The average molecular weight is 343 g/mol. The van der Waals surface area contributed by atoms with E-state index >= 15 is 0 Å². The zero-order valence-corrected chi connectivity index (χ0v) is 14.5. The number of hydrogen-bond donors (Lipinski definition) is 2. The number of nitrogens with one attached hydrogen (secondary N) is 2. The van der Waals surface area contributed by atoms with Gasteiger partial charge in [-0.05, 0) is 80.6 Å². The molecule has 0 saturated carbocycles. The maximum Gasteiger partial charge on any atom is 0.0519 e. The van der Waals surface area contributed by atoms with Crippen molar-refractivity contribution in [3.05, 3.63) is 52.9 Å². The van der Waals surface area contributed by atoms with Crippen molar-refractivity contribution in [3.8, 4) is 0 Å². The topological polar surface area (TPSA) is 47.7 Å². The molecule has 1 aliphatic heterocycles. The number of hydrogen-bond acceptors (Lipinski definition) is 2. The highest BCUT2D eigenvalue weighted by atomic mass is 35.5. The van der Waals surface area contributed by atoms with Gasteiger partial charge in [-0.3, -0.25) is 5.10 Å².